The summed E-state index contributed by atoms with van der Waals surface area (Å²) in [7, 11) is 0. The topological polar surface area (TPSA) is 69.0 Å². The number of aromatic nitrogens is 2. The zero-order valence-electron chi connectivity index (χ0n) is 14.9. The Balaban J connectivity index is 1.50. The second kappa shape index (κ2) is 5.10. The highest BCUT2D eigenvalue weighted by Crippen LogP contribution is 2.59. The molecule has 1 aliphatic carbocycles. The number of carbonyl (C=O) groups is 1. The van der Waals surface area contributed by atoms with Gasteiger partial charge in [0.1, 0.15) is 0 Å². The lowest BCUT2D eigenvalue weighted by Gasteiger charge is -2.22. The molecule has 5 heteroatoms. The zero-order valence-corrected chi connectivity index (χ0v) is 14.9. The van der Waals surface area contributed by atoms with Gasteiger partial charge in [-0.05, 0) is 42.9 Å². The first-order chi connectivity index (χ1) is 12.5. The summed E-state index contributed by atoms with van der Waals surface area (Å²) in [5, 5.41) is 0.473. The van der Waals surface area contributed by atoms with Crippen LogP contribution in [0, 0.1) is 19.8 Å². The summed E-state index contributed by atoms with van der Waals surface area (Å²) in [4.78, 5) is 33.2. The molecule has 3 aromatic rings. The van der Waals surface area contributed by atoms with Crippen LogP contribution in [0.25, 0.3) is 10.9 Å². The van der Waals surface area contributed by atoms with Crippen molar-refractivity contribution in [2.45, 2.75) is 25.7 Å². The summed E-state index contributed by atoms with van der Waals surface area (Å²) < 4.78 is 0. The largest absolute Gasteiger partial charge is 0.360 e. The van der Waals surface area contributed by atoms with Crippen LogP contribution in [-0.2, 0) is 5.41 Å². The third-order valence-corrected chi connectivity index (χ3v) is 6.27. The zero-order chi connectivity index (χ0) is 18.1. The number of likely N-dealkylation sites (tertiary alicyclic amines) is 1. The average molecular weight is 347 g/mol. The van der Waals surface area contributed by atoms with Crippen molar-refractivity contribution in [3.63, 3.8) is 0 Å². The number of aryl methyl sites for hydroxylation is 2. The van der Waals surface area contributed by atoms with Crippen molar-refractivity contribution < 1.29 is 4.79 Å². The first kappa shape index (κ1) is 15.4. The van der Waals surface area contributed by atoms with Gasteiger partial charge in [0.15, 0.2) is 0 Å². The summed E-state index contributed by atoms with van der Waals surface area (Å²) >= 11 is 0. The number of hydrogen-bond acceptors (Lipinski definition) is 2. The van der Waals surface area contributed by atoms with Crippen molar-refractivity contribution in [1.82, 2.24) is 14.9 Å². The highest BCUT2D eigenvalue weighted by molar-refractivity contribution is 6.07. The average Bonchev–Trinajstić information content (AvgIpc) is 3.00. The number of nitrogens with one attached hydrogen (secondary N) is 2. The summed E-state index contributed by atoms with van der Waals surface area (Å²) in [6.45, 7) is 5.56. The van der Waals surface area contributed by atoms with Gasteiger partial charge in [-0.3, -0.25) is 9.59 Å². The van der Waals surface area contributed by atoms with E-state index in [4.69, 9.17) is 0 Å². The quantitative estimate of drug-likeness (QED) is 0.748. The molecule has 1 amide bonds. The fourth-order valence-electron chi connectivity index (χ4n) is 4.81. The minimum absolute atomic E-state index is 0.0486. The van der Waals surface area contributed by atoms with Crippen LogP contribution in [0.15, 0.2) is 41.5 Å². The molecule has 2 N–H and O–H groups in total. The smallest absolute Gasteiger partial charge is 0.258 e. The molecule has 0 bridgehead atoms. The van der Waals surface area contributed by atoms with Gasteiger partial charge in [-0.1, -0.05) is 24.3 Å². The number of pyridine rings is 1. The van der Waals surface area contributed by atoms with Gasteiger partial charge in [-0.2, -0.15) is 0 Å². The van der Waals surface area contributed by atoms with Crippen LogP contribution in [0.1, 0.15) is 33.5 Å². The molecule has 1 saturated heterocycles. The van der Waals surface area contributed by atoms with Gasteiger partial charge in [0.05, 0.1) is 16.5 Å². The third kappa shape index (κ3) is 1.97. The van der Waals surface area contributed by atoms with E-state index in [1.165, 1.54) is 11.1 Å². The number of amides is 1. The summed E-state index contributed by atoms with van der Waals surface area (Å²) in [5.41, 5.74) is 4.71. The van der Waals surface area contributed by atoms with Crippen LogP contribution in [0.3, 0.4) is 0 Å². The Morgan fingerprint density at radius 3 is 2.77 bits per heavy atom. The van der Waals surface area contributed by atoms with Gasteiger partial charge in [0.25, 0.3) is 11.5 Å². The summed E-state index contributed by atoms with van der Waals surface area (Å²) in [6.07, 6.45) is 4.50. The molecule has 3 heterocycles. The maximum atomic E-state index is 13.2. The number of piperidine rings is 1. The molecular formula is C21H21N3O2. The molecule has 5 rings (SSSR count). The van der Waals surface area contributed by atoms with E-state index in [0.29, 0.717) is 16.9 Å². The molecule has 1 saturated carbocycles. The second-order valence-corrected chi connectivity index (χ2v) is 7.81. The summed E-state index contributed by atoms with van der Waals surface area (Å²) in [5.74, 6) is 0.477. The number of aromatic amines is 2. The Hall–Kier alpha value is -2.82. The van der Waals surface area contributed by atoms with E-state index in [1.807, 2.05) is 11.8 Å². The number of H-pyrrole nitrogens is 2. The number of rotatable bonds is 2. The molecule has 132 valence electrons. The van der Waals surface area contributed by atoms with Gasteiger partial charge in [0.2, 0.25) is 0 Å². The summed E-state index contributed by atoms with van der Waals surface area (Å²) in [6, 6.07) is 8.49. The molecule has 5 nitrogen and oxygen atoms in total. The molecule has 2 aromatic heterocycles. The van der Waals surface area contributed by atoms with Crippen molar-refractivity contribution in [1.29, 1.82) is 0 Å². The predicted octanol–water partition coefficient (Wildman–Crippen LogP) is 2.89. The van der Waals surface area contributed by atoms with Crippen molar-refractivity contribution in [3.8, 4) is 0 Å². The van der Waals surface area contributed by atoms with Crippen LogP contribution < -0.4 is 5.56 Å². The first-order valence-electron chi connectivity index (χ1n) is 9.06. The van der Waals surface area contributed by atoms with Crippen LogP contribution in [0.5, 0.6) is 0 Å². The van der Waals surface area contributed by atoms with Crippen molar-refractivity contribution >= 4 is 16.8 Å². The molecule has 2 atom stereocenters. The van der Waals surface area contributed by atoms with Crippen molar-refractivity contribution in [2.24, 2.45) is 5.92 Å². The maximum absolute atomic E-state index is 13.2. The SMILES string of the molecule is Cc1ccccc1C12CC1CN(C(=O)c1c[nH]c3c(C)c[nH]c(=O)c13)C2. The second-order valence-electron chi connectivity index (χ2n) is 7.81. The van der Waals surface area contributed by atoms with Crippen molar-refractivity contribution in [2.75, 3.05) is 13.1 Å². The molecular weight excluding hydrogens is 326 g/mol. The lowest BCUT2D eigenvalue weighted by atomic mass is 9.91. The van der Waals surface area contributed by atoms with Crippen LogP contribution >= 0.6 is 0 Å². The minimum atomic E-state index is -0.215. The highest BCUT2D eigenvalue weighted by atomic mass is 16.2. The van der Waals surface area contributed by atoms with Crippen LogP contribution in [0.4, 0.5) is 0 Å². The Morgan fingerprint density at radius 2 is 1.96 bits per heavy atom. The van der Waals surface area contributed by atoms with E-state index in [0.717, 1.165) is 30.6 Å². The normalized spacial score (nSPS) is 24.1. The number of nitrogens with zero attached hydrogens (tertiary/aromatic N) is 1. The number of hydrogen-bond donors (Lipinski definition) is 2. The van der Waals surface area contributed by atoms with Crippen LogP contribution in [-0.4, -0.2) is 33.9 Å². The Morgan fingerprint density at radius 1 is 1.15 bits per heavy atom. The number of carbonyl (C=O) groups excluding carboxylic acids is 1. The van der Waals surface area contributed by atoms with E-state index >= 15 is 0 Å². The molecule has 1 aliphatic heterocycles. The monoisotopic (exact) mass is 347 g/mol. The number of fused-ring (bicyclic) bond motifs is 2. The fraction of sp³-hybridized carbons (Fsp3) is 0.333. The minimum Gasteiger partial charge on any atom is -0.360 e. The molecule has 0 spiro atoms. The van der Waals surface area contributed by atoms with Crippen LogP contribution in [0.2, 0.25) is 0 Å². The molecule has 2 unspecified atom stereocenters. The molecule has 2 aliphatic rings. The molecule has 0 radical (unpaired) electrons. The Bertz CT molecular complexity index is 1110. The van der Waals surface area contributed by atoms with Gasteiger partial charge in [-0.15, -0.1) is 0 Å². The lowest BCUT2D eigenvalue weighted by Crippen LogP contribution is -2.33. The highest BCUT2D eigenvalue weighted by Gasteiger charge is 2.62. The maximum Gasteiger partial charge on any atom is 0.258 e. The fourth-order valence-corrected chi connectivity index (χ4v) is 4.81. The van der Waals surface area contributed by atoms with Gasteiger partial charge in [0, 0.05) is 30.9 Å². The lowest BCUT2D eigenvalue weighted by molar-refractivity contribution is 0.0774. The molecule has 26 heavy (non-hydrogen) atoms. The molecule has 2 fully saturated rings. The van der Waals surface area contributed by atoms with E-state index in [2.05, 4.69) is 41.2 Å². The van der Waals surface area contributed by atoms with E-state index < -0.39 is 0 Å². The van der Waals surface area contributed by atoms with Gasteiger partial charge >= 0.3 is 0 Å². The van der Waals surface area contributed by atoms with Gasteiger partial charge < -0.3 is 14.9 Å². The Kier molecular flexibility index (Phi) is 3.03. The van der Waals surface area contributed by atoms with Crippen molar-refractivity contribution in [3.05, 3.63) is 69.3 Å². The Labute approximate surface area is 151 Å². The van der Waals surface area contributed by atoms with E-state index in [-0.39, 0.29) is 16.9 Å². The molecule has 1 aromatic carbocycles. The first-order valence-corrected chi connectivity index (χ1v) is 9.06. The van der Waals surface area contributed by atoms with E-state index in [1.54, 1.807) is 12.4 Å². The standard InChI is InChI=1S/C21H21N3O2/c1-12-5-3-4-6-16(12)21-7-14(21)10-24(11-21)20(26)15-9-22-18-13(2)8-23-19(25)17(15)18/h3-6,8-9,14,22H,7,10-11H2,1-2H3,(H,23,25). The van der Waals surface area contributed by atoms with E-state index in [9.17, 15) is 9.59 Å². The third-order valence-electron chi connectivity index (χ3n) is 6.27. The number of benzene rings is 1. The predicted molar refractivity (Wildman–Crippen MR) is 101 cm³/mol. The van der Waals surface area contributed by atoms with Gasteiger partial charge in [-0.25, -0.2) is 0 Å².